The summed E-state index contributed by atoms with van der Waals surface area (Å²) in [5.41, 5.74) is 3.35. The zero-order chi connectivity index (χ0) is 24.2. The Labute approximate surface area is 201 Å². The first-order valence-corrected chi connectivity index (χ1v) is 10.8. The molecule has 1 aromatic heterocycles. The van der Waals surface area contributed by atoms with Gasteiger partial charge in [-0.25, -0.2) is 9.07 Å². The summed E-state index contributed by atoms with van der Waals surface area (Å²) in [6.07, 6.45) is 0. The van der Waals surface area contributed by atoms with Crippen LogP contribution in [0.3, 0.4) is 0 Å². The second-order valence-electron chi connectivity index (χ2n) is 7.13. The molecule has 10 heteroatoms. The molecule has 0 bridgehead atoms. The number of benzene rings is 3. The van der Waals surface area contributed by atoms with Gasteiger partial charge in [-0.05, 0) is 60.7 Å². The first kappa shape index (κ1) is 23.0. The molecule has 34 heavy (non-hydrogen) atoms. The highest BCUT2D eigenvalue weighted by Gasteiger charge is 2.22. The molecule has 0 radical (unpaired) electrons. The number of rotatable bonds is 5. The predicted octanol–water partition coefficient (Wildman–Crippen LogP) is 4.51. The molecule has 0 aliphatic rings. The Bertz CT molecular complexity index is 1400. The lowest BCUT2D eigenvalue weighted by Crippen LogP contribution is -2.36. The summed E-state index contributed by atoms with van der Waals surface area (Å²) in [7, 11) is 1.54. The third-order valence-corrected chi connectivity index (χ3v) is 5.38. The van der Waals surface area contributed by atoms with Crippen LogP contribution in [0.4, 0.5) is 15.8 Å². The number of nitrogens with zero attached hydrogens (tertiary/aromatic N) is 1. The van der Waals surface area contributed by atoms with E-state index in [1.165, 1.54) is 30.0 Å². The molecule has 1 heterocycles. The number of methoxy groups -OCH3 is 1. The van der Waals surface area contributed by atoms with Crippen molar-refractivity contribution in [2.75, 3.05) is 23.2 Å². The fourth-order valence-electron chi connectivity index (χ4n) is 3.24. The minimum Gasteiger partial charge on any atom is -0.497 e. The number of carbonyl (C=O) groups is 3. The second kappa shape index (κ2) is 9.75. The van der Waals surface area contributed by atoms with E-state index in [1.807, 2.05) is 0 Å². The summed E-state index contributed by atoms with van der Waals surface area (Å²) in [6.45, 7) is 0. The van der Waals surface area contributed by atoms with E-state index in [9.17, 15) is 18.8 Å². The van der Waals surface area contributed by atoms with Crippen LogP contribution in [0.1, 0.15) is 10.5 Å². The average molecular weight is 525 g/mol. The van der Waals surface area contributed by atoms with Crippen LogP contribution in [-0.4, -0.2) is 29.5 Å². The molecule has 172 valence electrons. The monoisotopic (exact) mass is 524 g/mol. The molecule has 8 nitrogen and oxygen atoms in total. The maximum absolute atomic E-state index is 13.8. The van der Waals surface area contributed by atoms with Gasteiger partial charge in [-0.3, -0.25) is 19.8 Å². The number of nitrogens with one attached hydrogen (secondary N) is 3. The summed E-state index contributed by atoms with van der Waals surface area (Å²) in [5, 5.41) is 5.61. The van der Waals surface area contributed by atoms with Gasteiger partial charge >= 0.3 is 11.8 Å². The largest absolute Gasteiger partial charge is 0.497 e. The number of anilines is 2. The van der Waals surface area contributed by atoms with E-state index in [0.717, 1.165) is 10.5 Å². The molecule has 0 fully saturated rings. The van der Waals surface area contributed by atoms with E-state index in [1.54, 1.807) is 48.5 Å². The van der Waals surface area contributed by atoms with Crippen molar-refractivity contribution in [3.05, 3.63) is 88.8 Å². The molecule has 0 atom stereocenters. The molecule has 0 unspecified atom stereocenters. The summed E-state index contributed by atoms with van der Waals surface area (Å²) in [6, 6.07) is 18.9. The molecule has 3 amide bonds. The molecule has 3 aromatic carbocycles. The maximum Gasteiger partial charge on any atom is 0.328 e. The number of aromatic nitrogens is 1. The quantitative estimate of drug-likeness (QED) is 0.334. The molecule has 0 aliphatic heterocycles. The number of hydrogen-bond acceptors (Lipinski definition) is 4. The van der Waals surface area contributed by atoms with Crippen LogP contribution in [0.5, 0.6) is 5.75 Å². The van der Waals surface area contributed by atoms with Crippen molar-refractivity contribution < 1.29 is 23.5 Å². The zero-order valence-electron chi connectivity index (χ0n) is 17.8. The number of ether oxygens (including phenoxy) is 1. The molecule has 0 saturated heterocycles. The molecule has 3 N–H and O–H groups in total. The number of fused-ring (bicyclic) bond motifs is 1. The van der Waals surface area contributed by atoms with Crippen LogP contribution in [0.2, 0.25) is 0 Å². The van der Waals surface area contributed by atoms with Gasteiger partial charge in [0, 0.05) is 15.5 Å². The third-order valence-electron chi connectivity index (χ3n) is 4.89. The van der Waals surface area contributed by atoms with Crippen LogP contribution in [0, 0.1) is 5.82 Å². The Morgan fingerprint density at radius 3 is 2.35 bits per heavy atom. The third kappa shape index (κ3) is 4.91. The number of amides is 3. The second-order valence-corrected chi connectivity index (χ2v) is 8.04. The van der Waals surface area contributed by atoms with Gasteiger partial charge in [-0.1, -0.05) is 28.1 Å². The van der Waals surface area contributed by atoms with Crippen molar-refractivity contribution in [2.45, 2.75) is 0 Å². The predicted molar refractivity (Wildman–Crippen MR) is 130 cm³/mol. The Morgan fingerprint density at radius 1 is 0.912 bits per heavy atom. The molecule has 4 rings (SSSR count). The zero-order valence-corrected chi connectivity index (χ0v) is 19.4. The normalized spacial score (nSPS) is 10.6. The van der Waals surface area contributed by atoms with E-state index in [0.29, 0.717) is 22.3 Å². The van der Waals surface area contributed by atoms with Crippen LogP contribution >= 0.6 is 15.9 Å². The van der Waals surface area contributed by atoms with Gasteiger partial charge in [0.1, 0.15) is 17.3 Å². The molecule has 0 aliphatic carbocycles. The standard InChI is InChI=1S/C24H18BrFN4O4/c1-34-17-9-7-16(8-10-17)27-22(31)21-13-14-12-15(25)6-11-20(14)30(21)29-24(33)23(32)28-19-5-3-2-4-18(19)26/h2-13H,1H3,(H,27,31)(H,28,32)(H,29,33). The summed E-state index contributed by atoms with van der Waals surface area (Å²) >= 11 is 3.38. The van der Waals surface area contributed by atoms with Crippen molar-refractivity contribution in [3.63, 3.8) is 0 Å². The molecule has 4 aromatic rings. The summed E-state index contributed by atoms with van der Waals surface area (Å²) in [4.78, 5) is 38.1. The lowest BCUT2D eigenvalue weighted by molar-refractivity contribution is -0.133. The fourth-order valence-corrected chi connectivity index (χ4v) is 3.62. The highest BCUT2D eigenvalue weighted by atomic mass is 79.9. The van der Waals surface area contributed by atoms with E-state index >= 15 is 0 Å². The highest BCUT2D eigenvalue weighted by molar-refractivity contribution is 9.10. The van der Waals surface area contributed by atoms with Crippen LogP contribution in [-0.2, 0) is 9.59 Å². The average Bonchev–Trinajstić information content (AvgIpc) is 3.18. The number of halogens is 2. The lowest BCUT2D eigenvalue weighted by Gasteiger charge is -2.13. The smallest absolute Gasteiger partial charge is 0.328 e. The molecule has 0 saturated carbocycles. The van der Waals surface area contributed by atoms with Crippen molar-refractivity contribution in [1.82, 2.24) is 4.68 Å². The SMILES string of the molecule is COc1ccc(NC(=O)c2cc3cc(Br)ccc3n2NC(=O)C(=O)Nc2ccccc2F)cc1. The van der Waals surface area contributed by atoms with Crippen LogP contribution in [0.25, 0.3) is 10.9 Å². The van der Waals surface area contributed by atoms with Crippen molar-refractivity contribution in [3.8, 4) is 5.75 Å². The van der Waals surface area contributed by atoms with Gasteiger partial charge in [0.05, 0.1) is 18.3 Å². The number of carbonyl (C=O) groups excluding carboxylic acids is 3. The van der Waals surface area contributed by atoms with Crippen molar-refractivity contribution in [1.29, 1.82) is 0 Å². The highest BCUT2D eigenvalue weighted by Crippen LogP contribution is 2.24. The van der Waals surface area contributed by atoms with Crippen LogP contribution < -0.4 is 20.8 Å². The lowest BCUT2D eigenvalue weighted by atomic mass is 10.2. The van der Waals surface area contributed by atoms with E-state index in [4.69, 9.17) is 4.74 Å². The van der Waals surface area contributed by atoms with Gasteiger partial charge in [0.15, 0.2) is 0 Å². The fraction of sp³-hybridized carbons (Fsp3) is 0.0417. The first-order valence-electron chi connectivity index (χ1n) is 9.99. The van der Waals surface area contributed by atoms with Crippen molar-refractivity contribution in [2.24, 2.45) is 0 Å². The molecule has 0 spiro atoms. The van der Waals surface area contributed by atoms with Crippen LogP contribution in [0.15, 0.2) is 77.3 Å². The van der Waals surface area contributed by atoms with Gasteiger partial charge in [-0.15, -0.1) is 0 Å². The molecular weight excluding hydrogens is 507 g/mol. The topological polar surface area (TPSA) is 101 Å². The summed E-state index contributed by atoms with van der Waals surface area (Å²) in [5.74, 6) is -2.75. The Morgan fingerprint density at radius 2 is 1.65 bits per heavy atom. The molecular formula is C24H18BrFN4O4. The minimum atomic E-state index is -1.09. The van der Waals surface area contributed by atoms with Gasteiger partial charge in [-0.2, -0.15) is 0 Å². The van der Waals surface area contributed by atoms with Gasteiger partial charge in [0.2, 0.25) is 0 Å². The van der Waals surface area contributed by atoms with E-state index < -0.39 is 23.5 Å². The Balaban J connectivity index is 1.62. The summed E-state index contributed by atoms with van der Waals surface area (Å²) < 4.78 is 20.9. The van der Waals surface area contributed by atoms with Crippen molar-refractivity contribution >= 4 is 55.9 Å². The number of hydrogen-bond donors (Lipinski definition) is 3. The van der Waals surface area contributed by atoms with E-state index in [-0.39, 0.29) is 11.4 Å². The number of para-hydroxylation sites is 1. The maximum atomic E-state index is 13.8. The van der Waals surface area contributed by atoms with Gasteiger partial charge < -0.3 is 15.4 Å². The Kier molecular flexibility index (Phi) is 6.60. The van der Waals surface area contributed by atoms with E-state index in [2.05, 4.69) is 32.0 Å². The minimum absolute atomic E-state index is 0.0796. The first-order chi connectivity index (χ1) is 16.4. The van der Waals surface area contributed by atoms with Gasteiger partial charge in [0.25, 0.3) is 5.91 Å². The Hall–Kier alpha value is -4.18.